The van der Waals surface area contributed by atoms with E-state index in [0.717, 1.165) is 22.1 Å². The van der Waals surface area contributed by atoms with Crippen molar-refractivity contribution in [3.63, 3.8) is 0 Å². The highest BCUT2D eigenvalue weighted by molar-refractivity contribution is 6.05. The molecule has 3 heterocycles. The molecule has 0 saturated heterocycles. The van der Waals surface area contributed by atoms with Crippen LogP contribution in [0.3, 0.4) is 0 Å². The largest absolute Gasteiger partial charge is 0.451 e. The lowest BCUT2D eigenvalue weighted by atomic mass is 10.2. The lowest BCUT2D eigenvalue weighted by Crippen LogP contribution is -2.11. The van der Waals surface area contributed by atoms with Gasteiger partial charge in [-0.05, 0) is 25.1 Å². The van der Waals surface area contributed by atoms with Gasteiger partial charge in [0.25, 0.3) is 5.91 Å². The maximum Gasteiger partial charge on any atom is 0.291 e. The molecule has 0 unspecified atom stereocenters. The smallest absolute Gasteiger partial charge is 0.291 e. The summed E-state index contributed by atoms with van der Waals surface area (Å²) in [6.07, 6.45) is 1.62. The number of nitrogens with zero attached hydrogens (tertiary/aromatic N) is 3. The molecule has 0 bridgehead atoms. The predicted octanol–water partition coefficient (Wildman–Crippen LogP) is 3.28. The fraction of sp³-hybridized carbons (Fsp3) is 0.118. The molecule has 1 aromatic carbocycles. The Morgan fingerprint density at radius 1 is 1.26 bits per heavy atom. The number of carbonyl (C=O) groups is 1. The molecule has 0 spiro atoms. The van der Waals surface area contributed by atoms with Gasteiger partial charge in [0, 0.05) is 17.8 Å². The van der Waals surface area contributed by atoms with Crippen molar-refractivity contribution >= 4 is 33.6 Å². The van der Waals surface area contributed by atoms with Crippen molar-refractivity contribution < 1.29 is 9.21 Å². The number of aryl methyl sites for hydroxylation is 2. The maximum atomic E-state index is 12.4. The van der Waals surface area contributed by atoms with Crippen LogP contribution in [0.5, 0.6) is 0 Å². The number of para-hydroxylation sites is 1. The number of benzene rings is 1. The van der Waals surface area contributed by atoms with Gasteiger partial charge < -0.3 is 9.73 Å². The van der Waals surface area contributed by atoms with Gasteiger partial charge in [0.2, 0.25) is 0 Å². The van der Waals surface area contributed by atoms with Gasteiger partial charge in [0.05, 0.1) is 17.6 Å². The van der Waals surface area contributed by atoms with Gasteiger partial charge in [-0.15, -0.1) is 0 Å². The molecular weight excluding hydrogens is 292 g/mol. The molecule has 1 amide bonds. The third kappa shape index (κ3) is 2.24. The number of hydrogen-bond acceptors (Lipinski definition) is 4. The topological polar surface area (TPSA) is 73.0 Å². The summed E-state index contributed by atoms with van der Waals surface area (Å²) in [5.74, 6) is -0.0295. The Morgan fingerprint density at radius 2 is 2.09 bits per heavy atom. The van der Waals surface area contributed by atoms with Crippen LogP contribution in [0.15, 0.2) is 47.0 Å². The lowest BCUT2D eigenvalue weighted by Gasteiger charge is -2.03. The molecule has 0 aliphatic rings. The Balaban J connectivity index is 1.66. The van der Waals surface area contributed by atoms with Crippen LogP contribution in [0.4, 0.5) is 5.69 Å². The van der Waals surface area contributed by atoms with E-state index in [1.54, 1.807) is 16.9 Å². The van der Waals surface area contributed by atoms with Gasteiger partial charge in [-0.25, -0.2) is 4.98 Å². The summed E-state index contributed by atoms with van der Waals surface area (Å²) in [4.78, 5) is 16.7. The van der Waals surface area contributed by atoms with E-state index < -0.39 is 0 Å². The van der Waals surface area contributed by atoms with Crippen LogP contribution in [0.1, 0.15) is 16.2 Å². The van der Waals surface area contributed by atoms with Crippen molar-refractivity contribution in [3.05, 3.63) is 54.0 Å². The van der Waals surface area contributed by atoms with Crippen molar-refractivity contribution in [2.24, 2.45) is 7.05 Å². The minimum Gasteiger partial charge on any atom is -0.451 e. The Labute approximate surface area is 131 Å². The average molecular weight is 306 g/mol. The Bertz CT molecular complexity index is 1010. The fourth-order valence-corrected chi connectivity index (χ4v) is 2.66. The number of aromatic nitrogens is 3. The van der Waals surface area contributed by atoms with Crippen molar-refractivity contribution in [3.8, 4) is 0 Å². The van der Waals surface area contributed by atoms with Crippen LogP contribution >= 0.6 is 0 Å². The van der Waals surface area contributed by atoms with E-state index >= 15 is 0 Å². The number of amides is 1. The van der Waals surface area contributed by atoms with E-state index in [2.05, 4.69) is 15.4 Å². The van der Waals surface area contributed by atoms with Gasteiger partial charge in [-0.1, -0.05) is 18.2 Å². The minimum atomic E-state index is -0.302. The minimum absolute atomic E-state index is 0.272. The van der Waals surface area contributed by atoms with Gasteiger partial charge in [0.1, 0.15) is 5.58 Å². The Morgan fingerprint density at radius 3 is 2.91 bits per heavy atom. The fourth-order valence-electron chi connectivity index (χ4n) is 2.66. The second kappa shape index (κ2) is 4.95. The molecule has 1 N–H and O–H groups in total. The summed E-state index contributed by atoms with van der Waals surface area (Å²) in [5, 5.41) is 8.95. The number of fused-ring (bicyclic) bond motifs is 2. The number of carbonyl (C=O) groups excluding carboxylic acids is 1. The van der Waals surface area contributed by atoms with E-state index in [-0.39, 0.29) is 11.7 Å². The predicted molar refractivity (Wildman–Crippen MR) is 87.4 cm³/mol. The zero-order chi connectivity index (χ0) is 16.0. The zero-order valence-electron chi connectivity index (χ0n) is 12.7. The molecule has 114 valence electrons. The monoisotopic (exact) mass is 306 g/mol. The second-order valence-electron chi connectivity index (χ2n) is 5.41. The summed E-state index contributed by atoms with van der Waals surface area (Å²) in [7, 11) is 1.84. The van der Waals surface area contributed by atoms with E-state index in [9.17, 15) is 4.79 Å². The molecule has 0 fully saturated rings. The second-order valence-corrected chi connectivity index (χ2v) is 5.41. The quantitative estimate of drug-likeness (QED) is 0.617. The molecule has 0 saturated carbocycles. The van der Waals surface area contributed by atoms with Crippen LogP contribution in [0, 0.1) is 6.92 Å². The summed E-state index contributed by atoms with van der Waals surface area (Å²) in [6, 6.07) is 11.1. The van der Waals surface area contributed by atoms with Crippen molar-refractivity contribution in [1.82, 2.24) is 14.8 Å². The molecule has 3 aromatic heterocycles. The van der Waals surface area contributed by atoms with Gasteiger partial charge in [-0.2, -0.15) is 5.10 Å². The molecular formula is C17H14N4O2. The Hall–Kier alpha value is -3.15. The van der Waals surface area contributed by atoms with Gasteiger partial charge in [0.15, 0.2) is 11.4 Å². The highest BCUT2D eigenvalue weighted by atomic mass is 16.3. The van der Waals surface area contributed by atoms with E-state index in [1.165, 1.54) is 0 Å². The van der Waals surface area contributed by atoms with Crippen LogP contribution in [-0.4, -0.2) is 20.7 Å². The van der Waals surface area contributed by atoms with Crippen molar-refractivity contribution in [2.75, 3.05) is 5.32 Å². The average Bonchev–Trinajstić information content (AvgIpc) is 3.09. The third-order valence-electron chi connectivity index (χ3n) is 3.77. The molecule has 4 rings (SSSR count). The van der Waals surface area contributed by atoms with Crippen molar-refractivity contribution in [2.45, 2.75) is 6.92 Å². The van der Waals surface area contributed by atoms with Crippen LogP contribution in [0.2, 0.25) is 0 Å². The molecule has 0 aliphatic heterocycles. The van der Waals surface area contributed by atoms with Gasteiger partial charge >= 0.3 is 0 Å². The van der Waals surface area contributed by atoms with E-state index in [4.69, 9.17) is 4.42 Å². The normalized spacial score (nSPS) is 11.2. The SMILES string of the molecule is Cc1nn(C)c2ncc(NC(=O)c3cc4ccccc4o3)cc12. The number of nitrogens with one attached hydrogen (secondary N) is 1. The number of pyridine rings is 1. The van der Waals surface area contributed by atoms with Crippen molar-refractivity contribution in [1.29, 1.82) is 0 Å². The highest BCUT2D eigenvalue weighted by Gasteiger charge is 2.14. The molecule has 0 atom stereocenters. The number of furan rings is 1. The van der Waals surface area contributed by atoms with Crippen LogP contribution in [-0.2, 0) is 7.05 Å². The van der Waals surface area contributed by atoms with E-state index in [1.807, 2.05) is 44.3 Å². The van der Waals surface area contributed by atoms with Crippen LogP contribution in [0.25, 0.3) is 22.0 Å². The first-order valence-electron chi connectivity index (χ1n) is 7.21. The van der Waals surface area contributed by atoms with E-state index in [0.29, 0.717) is 11.3 Å². The summed E-state index contributed by atoms with van der Waals surface area (Å²) in [6.45, 7) is 1.91. The molecule has 6 nitrogen and oxygen atoms in total. The highest BCUT2D eigenvalue weighted by Crippen LogP contribution is 2.22. The number of hydrogen-bond donors (Lipinski definition) is 1. The first-order chi connectivity index (χ1) is 11.1. The van der Waals surface area contributed by atoms with Crippen LogP contribution < -0.4 is 5.32 Å². The molecule has 23 heavy (non-hydrogen) atoms. The molecule has 0 radical (unpaired) electrons. The Kier molecular flexibility index (Phi) is 2.90. The molecule has 0 aliphatic carbocycles. The standard InChI is InChI=1S/C17H14N4O2/c1-10-13-8-12(9-18-16(13)21(2)20-10)19-17(22)15-7-11-5-3-4-6-14(11)23-15/h3-9H,1-2H3,(H,19,22). The maximum absolute atomic E-state index is 12.4. The summed E-state index contributed by atoms with van der Waals surface area (Å²) >= 11 is 0. The summed E-state index contributed by atoms with van der Waals surface area (Å²) < 4.78 is 7.29. The summed E-state index contributed by atoms with van der Waals surface area (Å²) in [5.41, 5.74) is 2.95. The number of anilines is 1. The zero-order valence-corrected chi connectivity index (χ0v) is 12.7. The lowest BCUT2D eigenvalue weighted by molar-refractivity contribution is 0.0998. The molecule has 6 heteroatoms. The molecule has 4 aromatic rings. The van der Waals surface area contributed by atoms with Gasteiger partial charge in [-0.3, -0.25) is 9.48 Å². The third-order valence-corrected chi connectivity index (χ3v) is 3.77. The number of rotatable bonds is 2. The first-order valence-corrected chi connectivity index (χ1v) is 7.21. The first kappa shape index (κ1) is 13.5.